The fraction of sp³-hybridized carbons (Fsp3) is 0.455. The quantitative estimate of drug-likeness (QED) is 0.714. The van der Waals surface area contributed by atoms with Gasteiger partial charge in [-0.05, 0) is 0 Å². The van der Waals surface area contributed by atoms with Crippen molar-refractivity contribution >= 4 is 23.3 Å². The van der Waals surface area contributed by atoms with Crippen LogP contribution in [0.3, 0.4) is 0 Å². The van der Waals surface area contributed by atoms with Crippen molar-refractivity contribution in [2.45, 2.75) is 17.3 Å². The van der Waals surface area contributed by atoms with Crippen LogP contribution in [0.15, 0.2) is 24.3 Å². The zero-order chi connectivity index (χ0) is 10.1. The van der Waals surface area contributed by atoms with Crippen LogP contribution < -0.4 is 9.30 Å². The van der Waals surface area contributed by atoms with Crippen molar-refractivity contribution in [3.05, 3.63) is 24.3 Å². The molecule has 1 aromatic rings. The van der Waals surface area contributed by atoms with Crippen LogP contribution in [-0.4, -0.2) is 27.4 Å². The van der Waals surface area contributed by atoms with E-state index in [0.717, 1.165) is 0 Å². The average molecular weight is 238 g/mol. The van der Waals surface area contributed by atoms with E-state index in [2.05, 4.69) is 60.5 Å². The molecular formula is C11H19GeN. The first-order chi connectivity index (χ1) is 5.91. The summed E-state index contributed by atoms with van der Waals surface area (Å²) in [6.07, 6.45) is 0. The van der Waals surface area contributed by atoms with Crippen molar-refractivity contribution in [2.24, 2.45) is 0 Å². The SMILES string of the molecule is CN(C)c1cc[c]([Ge]([CH3])([CH3])[CH3])cc1. The van der Waals surface area contributed by atoms with E-state index in [-0.39, 0.29) is 0 Å². The Morgan fingerprint density at radius 2 is 1.38 bits per heavy atom. The van der Waals surface area contributed by atoms with Gasteiger partial charge in [0.1, 0.15) is 0 Å². The molecule has 0 radical (unpaired) electrons. The number of anilines is 1. The molecule has 1 aromatic carbocycles. The molecule has 0 aromatic heterocycles. The zero-order valence-corrected chi connectivity index (χ0v) is 11.4. The molecule has 0 bridgehead atoms. The summed E-state index contributed by atoms with van der Waals surface area (Å²) in [7, 11) is 4.15. The molecule has 0 aliphatic heterocycles. The molecule has 13 heavy (non-hydrogen) atoms. The fourth-order valence-corrected chi connectivity index (χ4v) is 3.71. The number of nitrogens with zero attached hydrogens (tertiary/aromatic N) is 1. The molecule has 0 aliphatic rings. The van der Waals surface area contributed by atoms with Crippen molar-refractivity contribution in [2.75, 3.05) is 19.0 Å². The first kappa shape index (κ1) is 10.6. The first-order valence-corrected chi connectivity index (χ1v) is 12.0. The van der Waals surface area contributed by atoms with Gasteiger partial charge >= 0.3 is 83.9 Å². The molecule has 2 heteroatoms. The van der Waals surface area contributed by atoms with E-state index >= 15 is 0 Å². The van der Waals surface area contributed by atoms with E-state index in [1.165, 1.54) is 5.69 Å². The summed E-state index contributed by atoms with van der Waals surface area (Å²) in [5, 5.41) is 0. The van der Waals surface area contributed by atoms with Gasteiger partial charge in [-0.3, -0.25) is 0 Å². The minimum atomic E-state index is -1.59. The van der Waals surface area contributed by atoms with Crippen molar-refractivity contribution in [1.82, 2.24) is 0 Å². The van der Waals surface area contributed by atoms with Crippen LogP contribution in [-0.2, 0) is 0 Å². The Hall–Kier alpha value is -0.437. The van der Waals surface area contributed by atoms with Crippen LogP contribution in [0.2, 0.25) is 17.3 Å². The maximum atomic E-state index is 2.42. The number of hydrogen-bond donors (Lipinski definition) is 0. The second-order valence-corrected chi connectivity index (χ2v) is 15.3. The summed E-state index contributed by atoms with van der Waals surface area (Å²) in [6, 6.07) is 9.00. The van der Waals surface area contributed by atoms with Crippen LogP contribution in [0.25, 0.3) is 0 Å². The van der Waals surface area contributed by atoms with Crippen molar-refractivity contribution in [3.63, 3.8) is 0 Å². The Bertz CT molecular complexity index is 269. The van der Waals surface area contributed by atoms with Crippen molar-refractivity contribution in [3.8, 4) is 0 Å². The molecule has 72 valence electrons. The fourth-order valence-electron chi connectivity index (χ4n) is 1.26. The molecule has 0 heterocycles. The Kier molecular flexibility index (Phi) is 3.07. The van der Waals surface area contributed by atoms with E-state index < -0.39 is 13.3 Å². The third kappa shape index (κ3) is 2.76. The van der Waals surface area contributed by atoms with Crippen LogP contribution >= 0.6 is 0 Å². The van der Waals surface area contributed by atoms with Gasteiger partial charge in [-0.2, -0.15) is 0 Å². The van der Waals surface area contributed by atoms with Gasteiger partial charge < -0.3 is 0 Å². The Morgan fingerprint density at radius 3 is 1.69 bits per heavy atom. The summed E-state index contributed by atoms with van der Waals surface area (Å²) in [4.78, 5) is 2.14. The van der Waals surface area contributed by atoms with Crippen LogP contribution in [0.1, 0.15) is 0 Å². The van der Waals surface area contributed by atoms with E-state index in [1.807, 2.05) is 0 Å². The van der Waals surface area contributed by atoms with Gasteiger partial charge in [0.2, 0.25) is 0 Å². The van der Waals surface area contributed by atoms with Gasteiger partial charge in [0.05, 0.1) is 0 Å². The molecule has 0 amide bonds. The van der Waals surface area contributed by atoms with E-state index in [4.69, 9.17) is 0 Å². The van der Waals surface area contributed by atoms with Gasteiger partial charge in [-0.1, -0.05) is 0 Å². The Labute approximate surface area is 84.1 Å². The second-order valence-electron chi connectivity index (χ2n) is 4.69. The topological polar surface area (TPSA) is 3.24 Å². The van der Waals surface area contributed by atoms with Gasteiger partial charge in [0, 0.05) is 0 Å². The molecule has 1 rings (SSSR count). The summed E-state index contributed by atoms with van der Waals surface area (Å²) in [5.41, 5.74) is 1.29. The first-order valence-electron chi connectivity index (χ1n) is 4.69. The molecular weight excluding hydrogens is 219 g/mol. The molecule has 0 atom stereocenters. The van der Waals surface area contributed by atoms with E-state index in [9.17, 15) is 0 Å². The Morgan fingerprint density at radius 1 is 0.923 bits per heavy atom. The van der Waals surface area contributed by atoms with Gasteiger partial charge in [0.25, 0.3) is 0 Å². The monoisotopic (exact) mass is 239 g/mol. The Balaban J connectivity index is 2.94. The zero-order valence-electron chi connectivity index (χ0n) is 9.26. The van der Waals surface area contributed by atoms with Gasteiger partial charge in [-0.15, -0.1) is 0 Å². The van der Waals surface area contributed by atoms with Crippen LogP contribution in [0.5, 0.6) is 0 Å². The van der Waals surface area contributed by atoms with E-state index in [1.54, 1.807) is 4.40 Å². The molecule has 1 nitrogen and oxygen atoms in total. The molecule has 0 fully saturated rings. The normalized spacial score (nSPS) is 11.5. The van der Waals surface area contributed by atoms with Crippen LogP contribution in [0.4, 0.5) is 5.69 Å². The molecule has 0 saturated carbocycles. The third-order valence-electron chi connectivity index (χ3n) is 2.25. The molecule has 0 N–H and O–H groups in total. The number of benzene rings is 1. The number of rotatable bonds is 2. The average Bonchev–Trinajstić information content (AvgIpc) is 2.03. The summed E-state index contributed by atoms with van der Waals surface area (Å²) < 4.78 is 1.57. The van der Waals surface area contributed by atoms with Crippen LogP contribution in [0, 0.1) is 0 Å². The molecule has 0 aliphatic carbocycles. The minimum absolute atomic E-state index is 1.29. The van der Waals surface area contributed by atoms with Crippen molar-refractivity contribution < 1.29 is 0 Å². The number of hydrogen-bond acceptors (Lipinski definition) is 1. The van der Waals surface area contributed by atoms with Gasteiger partial charge in [-0.25, -0.2) is 0 Å². The predicted molar refractivity (Wildman–Crippen MR) is 63.7 cm³/mol. The summed E-state index contributed by atoms with van der Waals surface area (Å²) in [6.45, 7) is 0. The standard InChI is InChI=1S/C11H19GeN/c1-12(2,3)10-6-8-11(9-7-10)13(4)5/h6-9H,1-5H3. The van der Waals surface area contributed by atoms with Gasteiger partial charge in [0.15, 0.2) is 0 Å². The van der Waals surface area contributed by atoms with Crippen molar-refractivity contribution in [1.29, 1.82) is 0 Å². The molecule has 0 spiro atoms. The predicted octanol–water partition coefficient (Wildman–Crippen LogP) is 2.30. The second kappa shape index (κ2) is 3.74. The molecule has 0 saturated heterocycles. The van der Waals surface area contributed by atoms with E-state index in [0.29, 0.717) is 0 Å². The third-order valence-corrected chi connectivity index (χ3v) is 6.58. The molecule has 0 unspecified atom stereocenters. The summed E-state index contributed by atoms with van der Waals surface area (Å²) >= 11 is -1.59. The maximum absolute atomic E-state index is 2.42. The summed E-state index contributed by atoms with van der Waals surface area (Å²) in [5.74, 6) is 7.26.